The lowest BCUT2D eigenvalue weighted by Crippen LogP contribution is -2.33. The van der Waals surface area contributed by atoms with Gasteiger partial charge in [-0.2, -0.15) is 14.0 Å². The van der Waals surface area contributed by atoms with Crippen LogP contribution < -0.4 is 4.74 Å². The number of nitriles is 1. The van der Waals surface area contributed by atoms with Gasteiger partial charge in [0.25, 0.3) is 0 Å². The smallest absolute Gasteiger partial charge is 0.340 e. The summed E-state index contributed by atoms with van der Waals surface area (Å²) in [6, 6.07) is 5.90. The fourth-order valence-electron chi connectivity index (χ4n) is 1.09. The van der Waals surface area contributed by atoms with Crippen LogP contribution in [0.5, 0.6) is 5.75 Å². The van der Waals surface area contributed by atoms with E-state index < -0.39 is 19.0 Å². The number of rotatable bonds is 4. The van der Waals surface area contributed by atoms with Crippen molar-refractivity contribution >= 4 is 0 Å². The molecule has 0 aromatic heterocycles. The predicted octanol–water partition coefficient (Wildman–Crippen LogP) is 3.15. The van der Waals surface area contributed by atoms with Gasteiger partial charge in [-0.1, -0.05) is 0 Å². The average Bonchev–Trinajstić information content (AvgIpc) is 2.26. The van der Waals surface area contributed by atoms with Gasteiger partial charge in [0.2, 0.25) is 0 Å². The van der Waals surface area contributed by atoms with Crippen molar-refractivity contribution in [1.29, 1.82) is 5.26 Å². The van der Waals surface area contributed by atoms with Gasteiger partial charge in [-0.15, -0.1) is 0 Å². The first-order valence-corrected chi connectivity index (χ1v) is 4.66. The van der Waals surface area contributed by atoms with Crippen molar-refractivity contribution in [3.8, 4) is 11.8 Å². The van der Waals surface area contributed by atoms with Crippen LogP contribution in [0, 0.1) is 18.3 Å². The largest absolute Gasteiger partial charge is 0.487 e. The van der Waals surface area contributed by atoms with E-state index in [0.717, 1.165) is 0 Å². The van der Waals surface area contributed by atoms with Gasteiger partial charge in [0.15, 0.2) is 6.61 Å². The van der Waals surface area contributed by atoms with Gasteiger partial charge < -0.3 is 4.74 Å². The second-order valence-corrected chi connectivity index (χ2v) is 3.44. The summed E-state index contributed by atoms with van der Waals surface area (Å²) in [5.41, 5.74) is 0.906. The van der Waals surface area contributed by atoms with Crippen molar-refractivity contribution in [2.75, 3.05) is 6.61 Å². The van der Waals surface area contributed by atoms with Crippen LogP contribution in [0.3, 0.4) is 0 Å². The second kappa shape index (κ2) is 5.04. The molecule has 92 valence electrons. The Kier molecular flexibility index (Phi) is 3.94. The van der Waals surface area contributed by atoms with Gasteiger partial charge in [0, 0.05) is 0 Å². The standard InChI is InChI=1S/C11H9F4NO/c1-7-4-9(3-2-8(7)5-16)17-6-11(14,15)10(12)13/h2-4,10H,6H2,1H3. The van der Waals surface area contributed by atoms with Crippen molar-refractivity contribution in [2.45, 2.75) is 19.3 Å². The van der Waals surface area contributed by atoms with Gasteiger partial charge >= 0.3 is 12.3 Å². The summed E-state index contributed by atoms with van der Waals surface area (Å²) in [6.07, 6.45) is -3.76. The Hall–Kier alpha value is -1.77. The molecule has 1 aromatic rings. The first-order valence-electron chi connectivity index (χ1n) is 4.66. The molecule has 0 unspecified atom stereocenters. The second-order valence-electron chi connectivity index (χ2n) is 3.44. The molecule has 0 saturated heterocycles. The molecular formula is C11H9F4NO. The summed E-state index contributed by atoms with van der Waals surface area (Å²) in [4.78, 5) is 0. The Labute approximate surface area is 95.4 Å². The molecule has 0 fully saturated rings. The summed E-state index contributed by atoms with van der Waals surface area (Å²) in [5, 5.41) is 8.63. The van der Waals surface area contributed by atoms with E-state index in [1.54, 1.807) is 6.92 Å². The first-order chi connectivity index (χ1) is 7.86. The molecule has 0 bridgehead atoms. The monoisotopic (exact) mass is 247 g/mol. The third-order valence-electron chi connectivity index (χ3n) is 2.07. The number of aryl methyl sites for hydroxylation is 1. The number of hydrogen-bond acceptors (Lipinski definition) is 2. The van der Waals surface area contributed by atoms with E-state index in [4.69, 9.17) is 5.26 Å². The van der Waals surface area contributed by atoms with E-state index >= 15 is 0 Å². The maximum atomic E-state index is 12.6. The molecule has 0 N–H and O–H groups in total. The quantitative estimate of drug-likeness (QED) is 0.766. The normalized spacial score (nSPS) is 11.4. The molecular weight excluding hydrogens is 238 g/mol. The molecule has 0 aliphatic rings. The molecule has 1 rings (SSSR count). The molecule has 0 amide bonds. The molecule has 0 atom stereocenters. The lowest BCUT2D eigenvalue weighted by molar-refractivity contribution is -0.148. The minimum absolute atomic E-state index is 0.0295. The number of ether oxygens (including phenoxy) is 1. The molecule has 0 aliphatic heterocycles. The SMILES string of the molecule is Cc1cc(OCC(F)(F)C(F)F)ccc1C#N. The highest BCUT2D eigenvalue weighted by molar-refractivity contribution is 5.41. The zero-order chi connectivity index (χ0) is 13.1. The molecule has 2 nitrogen and oxygen atoms in total. The molecule has 6 heteroatoms. The molecule has 0 spiro atoms. The van der Waals surface area contributed by atoms with Gasteiger partial charge in [-0.25, -0.2) is 8.78 Å². The highest BCUT2D eigenvalue weighted by atomic mass is 19.3. The van der Waals surface area contributed by atoms with Crippen molar-refractivity contribution in [2.24, 2.45) is 0 Å². The van der Waals surface area contributed by atoms with E-state index in [0.29, 0.717) is 11.1 Å². The Morgan fingerprint density at radius 3 is 2.53 bits per heavy atom. The molecule has 0 radical (unpaired) electrons. The van der Waals surface area contributed by atoms with Crippen molar-refractivity contribution < 1.29 is 22.3 Å². The molecule has 1 aromatic carbocycles. The minimum Gasteiger partial charge on any atom is -0.487 e. The van der Waals surface area contributed by atoms with Crippen LogP contribution in [0.15, 0.2) is 18.2 Å². The zero-order valence-electron chi connectivity index (χ0n) is 8.88. The van der Waals surface area contributed by atoms with Crippen LogP contribution in [-0.4, -0.2) is 19.0 Å². The van der Waals surface area contributed by atoms with Crippen LogP contribution in [0.4, 0.5) is 17.6 Å². The summed E-state index contributed by atoms with van der Waals surface area (Å²) in [7, 11) is 0. The summed E-state index contributed by atoms with van der Waals surface area (Å²) in [5.74, 6) is -4.15. The van der Waals surface area contributed by atoms with Crippen molar-refractivity contribution in [1.82, 2.24) is 0 Å². The van der Waals surface area contributed by atoms with Crippen LogP contribution in [-0.2, 0) is 0 Å². The van der Waals surface area contributed by atoms with Gasteiger partial charge in [0.1, 0.15) is 5.75 Å². The summed E-state index contributed by atoms with van der Waals surface area (Å²) < 4.78 is 53.4. The lowest BCUT2D eigenvalue weighted by atomic mass is 10.1. The highest BCUT2D eigenvalue weighted by Gasteiger charge is 2.41. The summed E-state index contributed by atoms with van der Waals surface area (Å²) >= 11 is 0. The topological polar surface area (TPSA) is 33.0 Å². The van der Waals surface area contributed by atoms with Gasteiger partial charge in [-0.05, 0) is 30.7 Å². The number of alkyl halides is 4. The van der Waals surface area contributed by atoms with Crippen LogP contribution in [0.1, 0.15) is 11.1 Å². The van der Waals surface area contributed by atoms with Gasteiger partial charge in [-0.3, -0.25) is 0 Å². The van der Waals surface area contributed by atoms with E-state index in [-0.39, 0.29) is 5.75 Å². The van der Waals surface area contributed by atoms with Crippen molar-refractivity contribution in [3.63, 3.8) is 0 Å². The third kappa shape index (κ3) is 3.34. The third-order valence-corrected chi connectivity index (χ3v) is 2.07. The number of hydrogen-bond donors (Lipinski definition) is 0. The maximum absolute atomic E-state index is 12.6. The maximum Gasteiger partial charge on any atom is 0.340 e. The number of nitrogens with zero attached hydrogens (tertiary/aromatic N) is 1. The first kappa shape index (κ1) is 13.3. The van der Waals surface area contributed by atoms with Crippen LogP contribution in [0.2, 0.25) is 0 Å². The zero-order valence-corrected chi connectivity index (χ0v) is 8.88. The molecule has 0 heterocycles. The van der Waals surface area contributed by atoms with Gasteiger partial charge in [0.05, 0.1) is 11.6 Å². The Balaban J connectivity index is 2.72. The van der Waals surface area contributed by atoms with Crippen molar-refractivity contribution in [3.05, 3.63) is 29.3 Å². The van der Waals surface area contributed by atoms with Crippen LogP contribution >= 0.6 is 0 Å². The molecule has 0 aliphatic carbocycles. The Bertz CT molecular complexity index is 440. The van der Waals surface area contributed by atoms with E-state index in [2.05, 4.69) is 4.74 Å². The average molecular weight is 247 g/mol. The summed E-state index contributed by atoms with van der Waals surface area (Å²) in [6.45, 7) is 0.201. The minimum atomic E-state index is -4.18. The predicted molar refractivity (Wildman–Crippen MR) is 52.3 cm³/mol. The van der Waals surface area contributed by atoms with Crippen LogP contribution in [0.25, 0.3) is 0 Å². The fourth-order valence-corrected chi connectivity index (χ4v) is 1.09. The molecule has 0 saturated carbocycles. The van der Waals surface area contributed by atoms with E-state index in [1.165, 1.54) is 18.2 Å². The van der Waals surface area contributed by atoms with E-state index in [9.17, 15) is 17.6 Å². The highest BCUT2D eigenvalue weighted by Crippen LogP contribution is 2.25. The number of benzene rings is 1. The van der Waals surface area contributed by atoms with E-state index in [1.807, 2.05) is 6.07 Å². The fraction of sp³-hybridized carbons (Fsp3) is 0.364. The Morgan fingerprint density at radius 1 is 1.41 bits per heavy atom. The number of halogens is 4. The Morgan fingerprint density at radius 2 is 2.06 bits per heavy atom. The molecule has 17 heavy (non-hydrogen) atoms. The lowest BCUT2D eigenvalue weighted by Gasteiger charge is -2.16.